The Morgan fingerprint density at radius 3 is 2.12 bits per heavy atom. The van der Waals surface area contributed by atoms with E-state index >= 15 is 0 Å². The van der Waals surface area contributed by atoms with E-state index in [4.69, 9.17) is 4.74 Å². The number of hydrogen-bond acceptors (Lipinski definition) is 4. The molecule has 1 amide bonds. The summed E-state index contributed by atoms with van der Waals surface area (Å²) >= 11 is 0. The minimum absolute atomic E-state index is 0.123. The third kappa shape index (κ3) is 6.07. The highest BCUT2D eigenvalue weighted by Gasteiger charge is 2.21. The SMILES string of the molecule is COc1ccc(C(=O)NC(C)c2ccc(F)cc2)cc1CN(c1ccc(F)cc1)S(C)(=O)=O. The summed E-state index contributed by atoms with van der Waals surface area (Å²) in [6.07, 6.45) is 1.05. The second-order valence-corrected chi connectivity index (χ2v) is 9.43. The van der Waals surface area contributed by atoms with Gasteiger partial charge >= 0.3 is 0 Å². The highest BCUT2D eigenvalue weighted by Crippen LogP contribution is 2.27. The molecule has 3 rings (SSSR count). The van der Waals surface area contributed by atoms with Crippen LogP contribution in [0.25, 0.3) is 0 Å². The number of halogens is 2. The molecule has 3 aromatic carbocycles. The lowest BCUT2D eigenvalue weighted by Crippen LogP contribution is -2.30. The van der Waals surface area contributed by atoms with Gasteiger partial charge in [-0.1, -0.05) is 12.1 Å². The Kier molecular flexibility index (Phi) is 7.33. The number of nitrogens with zero attached hydrogens (tertiary/aromatic N) is 1. The average Bonchev–Trinajstić information content (AvgIpc) is 2.77. The molecule has 0 fully saturated rings. The molecule has 0 aromatic heterocycles. The number of hydrogen-bond donors (Lipinski definition) is 1. The fourth-order valence-corrected chi connectivity index (χ4v) is 4.20. The van der Waals surface area contributed by atoms with Gasteiger partial charge in [-0.2, -0.15) is 0 Å². The van der Waals surface area contributed by atoms with Crippen LogP contribution in [0.3, 0.4) is 0 Å². The van der Waals surface area contributed by atoms with Gasteiger partial charge in [0.25, 0.3) is 5.91 Å². The summed E-state index contributed by atoms with van der Waals surface area (Å²) in [6.45, 7) is 1.65. The predicted molar refractivity (Wildman–Crippen MR) is 123 cm³/mol. The summed E-state index contributed by atoms with van der Waals surface area (Å²) in [6, 6.07) is 15.2. The van der Waals surface area contributed by atoms with Gasteiger partial charge in [0, 0.05) is 11.1 Å². The van der Waals surface area contributed by atoms with Crippen LogP contribution in [0.15, 0.2) is 66.7 Å². The van der Waals surface area contributed by atoms with Crippen LogP contribution in [0.5, 0.6) is 5.75 Å². The molecule has 0 aliphatic heterocycles. The van der Waals surface area contributed by atoms with E-state index in [-0.39, 0.29) is 30.0 Å². The highest BCUT2D eigenvalue weighted by atomic mass is 32.2. The standard InChI is InChI=1S/C24H24F2N2O4S/c1-16(17-4-7-20(25)8-5-17)27-24(29)18-6-13-23(32-2)19(14-18)15-28(33(3,30)31)22-11-9-21(26)10-12-22/h4-14,16H,15H2,1-3H3,(H,27,29). The van der Waals surface area contributed by atoms with Crippen molar-refractivity contribution in [1.82, 2.24) is 5.32 Å². The number of benzene rings is 3. The number of ether oxygens (including phenoxy) is 1. The minimum atomic E-state index is -3.72. The van der Waals surface area contributed by atoms with E-state index in [1.807, 2.05) is 0 Å². The Hall–Kier alpha value is -3.46. The number of carbonyl (C=O) groups excluding carboxylic acids is 1. The van der Waals surface area contributed by atoms with Crippen LogP contribution in [0.1, 0.15) is 34.5 Å². The monoisotopic (exact) mass is 474 g/mol. The van der Waals surface area contributed by atoms with Crippen LogP contribution >= 0.6 is 0 Å². The zero-order valence-electron chi connectivity index (χ0n) is 18.4. The van der Waals surface area contributed by atoms with Gasteiger partial charge < -0.3 is 10.1 Å². The molecule has 0 aliphatic rings. The molecule has 6 nitrogen and oxygen atoms in total. The third-order valence-corrected chi connectivity index (χ3v) is 6.23. The predicted octanol–water partition coefficient (Wildman–Crippen LogP) is 4.43. The van der Waals surface area contributed by atoms with E-state index in [9.17, 15) is 22.0 Å². The molecular formula is C24H24F2N2O4S. The third-order valence-electron chi connectivity index (χ3n) is 5.09. The van der Waals surface area contributed by atoms with Crippen molar-refractivity contribution >= 4 is 21.6 Å². The molecule has 0 bridgehead atoms. The van der Waals surface area contributed by atoms with Gasteiger partial charge in [0.2, 0.25) is 10.0 Å². The van der Waals surface area contributed by atoms with Crippen molar-refractivity contribution in [3.63, 3.8) is 0 Å². The van der Waals surface area contributed by atoms with Gasteiger partial charge in [0.1, 0.15) is 17.4 Å². The summed E-state index contributed by atoms with van der Waals surface area (Å²) in [4.78, 5) is 12.8. The number of nitrogens with one attached hydrogen (secondary N) is 1. The molecule has 174 valence electrons. The Balaban J connectivity index is 1.88. The molecule has 0 saturated carbocycles. The summed E-state index contributed by atoms with van der Waals surface area (Å²) in [5.74, 6) is -0.843. The first-order valence-corrected chi connectivity index (χ1v) is 11.9. The fraction of sp³-hybridized carbons (Fsp3) is 0.208. The van der Waals surface area contributed by atoms with Gasteiger partial charge in [0.15, 0.2) is 0 Å². The lowest BCUT2D eigenvalue weighted by molar-refractivity contribution is 0.0939. The fourth-order valence-electron chi connectivity index (χ4n) is 3.32. The van der Waals surface area contributed by atoms with E-state index < -0.39 is 15.8 Å². The normalized spacial score (nSPS) is 12.2. The first kappa shape index (κ1) is 24.2. The molecule has 0 radical (unpaired) electrons. The van der Waals surface area contributed by atoms with E-state index in [2.05, 4.69) is 5.32 Å². The molecule has 0 saturated heterocycles. The second-order valence-electron chi connectivity index (χ2n) is 7.52. The minimum Gasteiger partial charge on any atom is -0.496 e. The van der Waals surface area contributed by atoms with Crippen molar-refractivity contribution in [3.8, 4) is 5.75 Å². The van der Waals surface area contributed by atoms with Crippen molar-refractivity contribution in [2.24, 2.45) is 0 Å². The van der Waals surface area contributed by atoms with Crippen LogP contribution in [-0.4, -0.2) is 27.7 Å². The Labute approximate surface area is 191 Å². The molecule has 3 aromatic rings. The summed E-state index contributed by atoms with van der Waals surface area (Å²) < 4.78 is 57.9. The Morgan fingerprint density at radius 1 is 1.00 bits per heavy atom. The number of anilines is 1. The van der Waals surface area contributed by atoms with Crippen LogP contribution in [-0.2, 0) is 16.6 Å². The lowest BCUT2D eigenvalue weighted by Gasteiger charge is -2.24. The van der Waals surface area contributed by atoms with Crippen molar-refractivity contribution in [2.75, 3.05) is 17.7 Å². The molecule has 33 heavy (non-hydrogen) atoms. The zero-order chi connectivity index (χ0) is 24.2. The largest absolute Gasteiger partial charge is 0.496 e. The number of methoxy groups -OCH3 is 1. The maximum absolute atomic E-state index is 13.3. The van der Waals surface area contributed by atoms with Crippen molar-refractivity contribution < 1.29 is 26.7 Å². The number of amides is 1. The summed E-state index contributed by atoms with van der Waals surface area (Å²) in [7, 11) is -2.28. The van der Waals surface area contributed by atoms with Crippen molar-refractivity contribution in [3.05, 3.63) is 95.1 Å². The molecule has 0 aliphatic carbocycles. The van der Waals surface area contributed by atoms with Gasteiger partial charge in [-0.05, 0) is 67.1 Å². The van der Waals surface area contributed by atoms with Gasteiger partial charge in [-0.25, -0.2) is 17.2 Å². The molecule has 0 heterocycles. The Morgan fingerprint density at radius 2 is 1.58 bits per heavy atom. The van der Waals surface area contributed by atoms with Gasteiger partial charge in [-0.15, -0.1) is 0 Å². The van der Waals surface area contributed by atoms with Crippen LogP contribution in [0.4, 0.5) is 14.5 Å². The van der Waals surface area contributed by atoms with E-state index in [1.54, 1.807) is 37.3 Å². The van der Waals surface area contributed by atoms with Crippen molar-refractivity contribution in [1.29, 1.82) is 0 Å². The zero-order valence-corrected chi connectivity index (χ0v) is 19.2. The molecule has 1 N–H and O–H groups in total. The average molecular weight is 475 g/mol. The number of rotatable bonds is 8. The van der Waals surface area contributed by atoms with Crippen LogP contribution < -0.4 is 14.4 Å². The highest BCUT2D eigenvalue weighted by molar-refractivity contribution is 7.92. The van der Waals surface area contributed by atoms with Crippen LogP contribution in [0.2, 0.25) is 0 Å². The van der Waals surface area contributed by atoms with Crippen molar-refractivity contribution in [2.45, 2.75) is 19.5 Å². The maximum atomic E-state index is 13.3. The van der Waals surface area contributed by atoms with Gasteiger partial charge in [0.05, 0.1) is 31.6 Å². The first-order chi connectivity index (χ1) is 15.6. The molecule has 9 heteroatoms. The topological polar surface area (TPSA) is 75.7 Å². The quantitative estimate of drug-likeness (QED) is 0.524. The molecule has 1 atom stereocenters. The van der Waals surface area contributed by atoms with Gasteiger partial charge in [-0.3, -0.25) is 9.10 Å². The smallest absolute Gasteiger partial charge is 0.251 e. The maximum Gasteiger partial charge on any atom is 0.251 e. The van der Waals surface area contributed by atoms with E-state index in [0.29, 0.717) is 16.9 Å². The lowest BCUT2D eigenvalue weighted by atomic mass is 10.1. The molecule has 0 spiro atoms. The van der Waals surface area contributed by atoms with E-state index in [0.717, 1.165) is 16.1 Å². The van der Waals surface area contributed by atoms with Crippen LogP contribution in [0, 0.1) is 11.6 Å². The number of carbonyl (C=O) groups is 1. The number of sulfonamides is 1. The summed E-state index contributed by atoms with van der Waals surface area (Å²) in [5.41, 5.74) is 1.76. The first-order valence-electron chi connectivity index (χ1n) is 10.0. The molecular weight excluding hydrogens is 450 g/mol. The second kappa shape index (κ2) is 9.99. The summed E-state index contributed by atoms with van der Waals surface area (Å²) in [5, 5.41) is 2.84. The Bertz CT molecular complexity index is 1230. The van der Waals surface area contributed by atoms with E-state index in [1.165, 1.54) is 43.5 Å². The molecule has 1 unspecified atom stereocenters.